The fraction of sp³-hybridized carbons (Fsp3) is 0.211. The highest BCUT2D eigenvalue weighted by molar-refractivity contribution is 5.89. The summed E-state index contributed by atoms with van der Waals surface area (Å²) < 4.78 is 33.0. The molecule has 0 amide bonds. The van der Waals surface area contributed by atoms with Crippen LogP contribution in [0.5, 0.6) is 23.0 Å². The number of carbonyl (C=O) groups excluding carboxylic acids is 3. The van der Waals surface area contributed by atoms with E-state index < -0.39 is 11.9 Å². The van der Waals surface area contributed by atoms with Gasteiger partial charge in [0, 0.05) is 50.8 Å². The van der Waals surface area contributed by atoms with Gasteiger partial charge in [0.1, 0.15) is 42.3 Å². The Bertz CT molecular complexity index is 2780. The van der Waals surface area contributed by atoms with Crippen LogP contribution in [0.4, 0.5) is 34.1 Å². The molecule has 0 aliphatic heterocycles. The molecule has 0 radical (unpaired) electrons. The monoisotopic (exact) mass is 976 g/mol. The number of esters is 3. The molecule has 7 rings (SSSR count). The standard InChI is InChI=1S/C23H22N2O3.C17H24N2O3.C17H18N2O3/c1-15(2)23(26)28-22-9-5-18(6-10-22)17-3-7-21(8-4-17)27-14-16-11-19(24)13-20(25)12-16;2*1-11(2)17(20)22-16-5-3-15(4-6-16)21-10-12-7-13(18)9-14(19)8-12/h3-13H,1,14,24-25H2,2H3;7-9,15-16H,1,3-6,10,18-19H2,2H3;3-9H,1,10,18-19H2,2H3. The summed E-state index contributed by atoms with van der Waals surface area (Å²) in [4.78, 5) is 34.4. The van der Waals surface area contributed by atoms with E-state index in [-0.39, 0.29) is 18.2 Å². The highest BCUT2D eigenvalue weighted by Gasteiger charge is 2.24. The minimum atomic E-state index is -0.455. The lowest BCUT2D eigenvalue weighted by Crippen LogP contribution is -2.28. The summed E-state index contributed by atoms with van der Waals surface area (Å²) >= 11 is 0. The first-order chi connectivity index (χ1) is 34.3. The Kier molecular flexibility index (Phi) is 19.8. The molecule has 1 aliphatic rings. The van der Waals surface area contributed by atoms with Crippen molar-refractivity contribution in [2.24, 2.45) is 0 Å². The number of ether oxygens (including phenoxy) is 6. The molecule has 0 saturated heterocycles. The molecule has 12 N–H and O–H groups in total. The van der Waals surface area contributed by atoms with Crippen LogP contribution in [-0.2, 0) is 43.7 Å². The van der Waals surface area contributed by atoms with Crippen molar-refractivity contribution in [1.29, 1.82) is 0 Å². The van der Waals surface area contributed by atoms with Crippen LogP contribution in [0.15, 0.2) is 164 Å². The predicted octanol–water partition coefficient (Wildman–Crippen LogP) is 10.3. The van der Waals surface area contributed by atoms with Gasteiger partial charge in [0.05, 0.1) is 12.7 Å². The van der Waals surface area contributed by atoms with Crippen molar-refractivity contribution in [2.45, 2.75) is 78.5 Å². The molecule has 72 heavy (non-hydrogen) atoms. The molecule has 0 aromatic heterocycles. The van der Waals surface area contributed by atoms with E-state index in [0.717, 1.165) is 59.3 Å². The summed E-state index contributed by atoms with van der Waals surface area (Å²) in [6, 6.07) is 38.0. The first-order valence-electron chi connectivity index (χ1n) is 23.0. The van der Waals surface area contributed by atoms with Crippen molar-refractivity contribution in [3.63, 3.8) is 0 Å². The fourth-order valence-electron chi connectivity index (χ4n) is 7.05. The number of anilines is 6. The second-order valence-electron chi connectivity index (χ2n) is 17.4. The van der Waals surface area contributed by atoms with E-state index in [9.17, 15) is 14.4 Å². The number of hydrogen-bond acceptors (Lipinski definition) is 15. The first kappa shape index (κ1) is 54.3. The van der Waals surface area contributed by atoms with E-state index >= 15 is 0 Å². The van der Waals surface area contributed by atoms with E-state index in [1.807, 2.05) is 60.7 Å². The molecule has 0 heterocycles. The van der Waals surface area contributed by atoms with Gasteiger partial charge in [0.15, 0.2) is 0 Å². The molecule has 1 fully saturated rings. The molecule has 0 unspecified atom stereocenters. The van der Waals surface area contributed by atoms with E-state index in [0.29, 0.717) is 87.9 Å². The number of nitrogens with two attached hydrogens (primary N) is 6. The minimum Gasteiger partial charge on any atom is -0.489 e. The third kappa shape index (κ3) is 18.3. The molecular formula is C57H64N6O9. The average molecular weight is 977 g/mol. The first-order valence-corrected chi connectivity index (χ1v) is 23.0. The zero-order chi connectivity index (χ0) is 52.3. The highest BCUT2D eigenvalue weighted by atomic mass is 16.5. The molecule has 15 nitrogen and oxygen atoms in total. The summed E-state index contributed by atoms with van der Waals surface area (Å²) in [6.45, 7) is 16.8. The Balaban J connectivity index is 0.000000203. The summed E-state index contributed by atoms with van der Waals surface area (Å²) in [5.74, 6) is 1.12. The third-order valence-corrected chi connectivity index (χ3v) is 10.6. The molecule has 376 valence electrons. The number of hydrogen-bond donors (Lipinski definition) is 6. The summed E-state index contributed by atoms with van der Waals surface area (Å²) in [5, 5.41) is 0. The largest absolute Gasteiger partial charge is 0.489 e. The lowest BCUT2D eigenvalue weighted by molar-refractivity contribution is -0.147. The Morgan fingerprint density at radius 1 is 0.417 bits per heavy atom. The van der Waals surface area contributed by atoms with Gasteiger partial charge in [-0.15, -0.1) is 0 Å². The van der Waals surface area contributed by atoms with Gasteiger partial charge in [0.25, 0.3) is 0 Å². The maximum atomic E-state index is 11.6. The summed E-state index contributed by atoms with van der Waals surface area (Å²) in [7, 11) is 0. The maximum absolute atomic E-state index is 11.6. The van der Waals surface area contributed by atoms with E-state index in [4.69, 9.17) is 62.8 Å². The van der Waals surface area contributed by atoms with Gasteiger partial charge < -0.3 is 62.8 Å². The smallest absolute Gasteiger partial charge is 0.338 e. The molecule has 0 spiro atoms. The molecule has 6 aromatic carbocycles. The van der Waals surface area contributed by atoms with E-state index in [2.05, 4.69) is 19.7 Å². The van der Waals surface area contributed by atoms with E-state index in [1.54, 1.807) is 87.5 Å². The van der Waals surface area contributed by atoms with Crippen LogP contribution >= 0.6 is 0 Å². The zero-order valence-corrected chi connectivity index (χ0v) is 41.0. The van der Waals surface area contributed by atoms with E-state index in [1.165, 1.54) is 0 Å². The molecule has 6 aromatic rings. The van der Waals surface area contributed by atoms with Crippen molar-refractivity contribution in [1.82, 2.24) is 0 Å². The lowest BCUT2D eigenvalue weighted by atomic mass is 9.95. The predicted molar refractivity (Wildman–Crippen MR) is 285 cm³/mol. The number of benzene rings is 6. The lowest BCUT2D eigenvalue weighted by Gasteiger charge is -2.28. The topological polar surface area (TPSA) is 263 Å². The van der Waals surface area contributed by atoms with Gasteiger partial charge in [-0.3, -0.25) is 0 Å². The molecule has 1 saturated carbocycles. The Morgan fingerprint density at radius 3 is 1.06 bits per heavy atom. The van der Waals surface area contributed by atoms with Crippen molar-refractivity contribution in [3.05, 3.63) is 181 Å². The van der Waals surface area contributed by atoms with Crippen LogP contribution in [0.3, 0.4) is 0 Å². The van der Waals surface area contributed by atoms with Gasteiger partial charge >= 0.3 is 17.9 Å². The SMILES string of the molecule is C=C(C)C(=O)OC1CCC(OCc2cc(N)cc(N)c2)CC1.C=C(C)C(=O)Oc1ccc(-c2ccc(OCc3cc(N)cc(N)c3)cc2)cc1.C=C(C)C(=O)Oc1ccc(OCc2cc(N)cc(N)c2)cc1. The second-order valence-corrected chi connectivity index (χ2v) is 17.4. The third-order valence-electron chi connectivity index (χ3n) is 10.6. The minimum absolute atomic E-state index is 0.0212. The van der Waals surface area contributed by atoms with Crippen molar-refractivity contribution in [2.75, 3.05) is 34.4 Å². The van der Waals surface area contributed by atoms with Gasteiger partial charge in [0.2, 0.25) is 0 Å². The summed E-state index contributed by atoms with van der Waals surface area (Å²) in [5.41, 5.74) is 44.3. The van der Waals surface area contributed by atoms with Crippen molar-refractivity contribution < 1.29 is 42.8 Å². The maximum Gasteiger partial charge on any atom is 0.338 e. The Hall–Kier alpha value is -8.69. The number of rotatable bonds is 16. The van der Waals surface area contributed by atoms with Crippen LogP contribution in [0.1, 0.15) is 63.1 Å². The molecular weight excluding hydrogens is 913 g/mol. The van der Waals surface area contributed by atoms with Crippen LogP contribution in [-0.4, -0.2) is 30.1 Å². The van der Waals surface area contributed by atoms with Gasteiger partial charge in [-0.1, -0.05) is 44.0 Å². The fourth-order valence-corrected chi connectivity index (χ4v) is 7.05. The highest BCUT2D eigenvalue weighted by Crippen LogP contribution is 2.28. The van der Waals surface area contributed by atoms with Crippen molar-refractivity contribution in [3.8, 4) is 34.1 Å². The average Bonchev–Trinajstić information content (AvgIpc) is 3.33. The molecule has 1 aliphatic carbocycles. The summed E-state index contributed by atoms with van der Waals surface area (Å²) in [6.07, 6.45) is 3.57. The zero-order valence-electron chi connectivity index (χ0n) is 41.0. The Morgan fingerprint density at radius 2 is 0.708 bits per heavy atom. The van der Waals surface area contributed by atoms with Crippen LogP contribution in [0.2, 0.25) is 0 Å². The van der Waals surface area contributed by atoms with Crippen LogP contribution < -0.4 is 53.3 Å². The number of nitrogen functional groups attached to an aromatic ring is 6. The second kappa shape index (κ2) is 26.3. The molecule has 0 bridgehead atoms. The van der Waals surface area contributed by atoms with Gasteiger partial charge in [-0.05, 0) is 177 Å². The van der Waals surface area contributed by atoms with Crippen LogP contribution in [0, 0.1) is 0 Å². The van der Waals surface area contributed by atoms with Crippen LogP contribution in [0.25, 0.3) is 11.1 Å². The quantitative estimate of drug-likeness (QED) is 0.0228. The van der Waals surface area contributed by atoms with Gasteiger partial charge in [-0.25, -0.2) is 14.4 Å². The van der Waals surface area contributed by atoms with Gasteiger partial charge in [-0.2, -0.15) is 0 Å². The number of carbonyl (C=O) groups is 3. The molecule has 15 heteroatoms. The Labute approximate surface area is 421 Å². The van der Waals surface area contributed by atoms with Crippen molar-refractivity contribution >= 4 is 52.0 Å². The normalized spacial score (nSPS) is 13.6. The molecule has 0 atom stereocenters.